The zero-order chi connectivity index (χ0) is 20.4. The Morgan fingerprint density at radius 3 is 2.54 bits per heavy atom. The van der Waals surface area contributed by atoms with E-state index in [1.807, 2.05) is 19.9 Å². The van der Waals surface area contributed by atoms with Crippen molar-refractivity contribution in [2.45, 2.75) is 84.7 Å². The predicted octanol–water partition coefficient (Wildman–Crippen LogP) is 6.40. The van der Waals surface area contributed by atoms with Gasteiger partial charge in [-0.1, -0.05) is 50.3 Å². The van der Waals surface area contributed by atoms with Gasteiger partial charge < -0.3 is 10.2 Å². The standard InChI is InChI=1S/C24H36N2.C2H6/c1-4-5-6-7-9-21-14-19(2)15-22(16-21)18-26(24-11-12-24)20(3)23-10-8-13-25-17-23;1-2/h4,14-16,23-25H,1,3,5-13,17-18H2,2H3;1-2H3. The lowest BCUT2D eigenvalue weighted by Crippen LogP contribution is -2.37. The van der Waals surface area contributed by atoms with Crippen LogP contribution in [0.4, 0.5) is 0 Å². The summed E-state index contributed by atoms with van der Waals surface area (Å²) in [6, 6.07) is 7.89. The van der Waals surface area contributed by atoms with Crippen LogP contribution < -0.4 is 5.32 Å². The lowest BCUT2D eigenvalue weighted by molar-refractivity contribution is 0.262. The minimum atomic E-state index is 0.618. The molecule has 2 fully saturated rings. The fourth-order valence-electron chi connectivity index (χ4n) is 4.22. The van der Waals surface area contributed by atoms with Crippen molar-refractivity contribution in [1.82, 2.24) is 10.2 Å². The molecule has 0 aromatic heterocycles. The maximum Gasteiger partial charge on any atom is 0.0429 e. The van der Waals surface area contributed by atoms with Crippen LogP contribution in [0.2, 0.25) is 0 Å². The number of hydrogen-bond donors (Lipinski definition) is 1. The summed E-state index contributed by atoms with van der Waals surface area (Å²) in [4.78, 5) is 2.62. The van der Waals surface area contributed by atoms with E-state index in [4.69, 9.17) is 0 Å². The first-order chi connectivity index (χ1) is 13.7. The summed E-state index contributed by atoms with van der Waals surface area (Å²) >= 11 is 0. The van der Waals surface area contributed by atoms with Crippen molar-refractivity contribution in [2.75, 3.05) is 13.1 Å². The Labute approximate surface area is 174 Å². The quantitative estimate of drug-likeness (QED) is 0.372. The second-order valence-corrected chi connectivity index (χ2v) is 8.26. The molecule has 1 aliphatic heterocycles. The van der Waals surface area contributed by atoms with E-state index in [9.17, 15) is 0 Å². The van der Waals surface area contributed by atoms with E-state index in [1.165, 1.54) is 73.9 Å². The summed E-state index contributed by atoms with van der Waals surface area (Å²) in [6.07, 6.45) is 12.1. The molecule has 156 valence electrons. The molecule has 0 amide bonds. The van der Waals surface area contributed by atoms with Crippen LogP contribution in [0.5, 0.6) is 0 Å². The number of nitrogens with one attached hydrogen (secondary N) is 1. The van der Waals surface area contributed by atoms with Crippen molar-refractivity contribution in [3.8, 4) is 0 Å². The van der Waals surface area contributed by atoms with Crippen molar-refractivity contribution in [3.05, 3.63) is 59.8 Å². The van der Waals surface area contributed by atoms with Crippen LogP contribution in [-0.2, 0) is 13.0 Å². The molecule has 1 aromatic carbocycles. The van der Waals surface area contributed by atoms with Gasteiger partial charge in [-0.15, -0.1) is 6.58 Å². The van der Waals surface area contributed by atoms with E-state index in [0.717, 1.165) is 25.6 Å². The number of benzene rings is 1. The molecule has 1 unspecified atom stereocenters. The molecule has 1 aromatic rings. The molecule has 0 radical (unpaired) electrons. The molecular weight excluding hydrogens is 340 g/mol. The first kappa shape index (κ1) is 22.7. The normalized spacial score (nSPS) is 18.8. The van der Waals surface area contributed by atoms with E-state index >= 15 is 0 Å². The topological polar surface area (TPSA) is 15.3 Å². The number of piperidine rings is 1. The van der Waals surface area contributed by atoms with Crippen LogP contribution in [0.3, 0.4) is 0 Å². The first-order valence-corrected chi connectivity index (χ1v) is 11.5. The highest BCUT2D eigenvalue weighted by molar-refractivity contribution is 5.30. The smallest absolute Gasteiger partial charge is 0.0429 e. The van der Waals surface area contributed by atoms with Gasteiger partial charge in [0.25, 0.3) is 0 Å². The fraction of sp³-hybridized carbons (Fsp3) is 0.615. The summed E-state index contributed by atoms with van der Waals surface area (Å²) < 4.78 is 0. The molecule has 1 saturated carbocycles. The molecule has 1 saturated heterocycles. The SMILES string of the molecule is C=CCCCCc1cc(C)cc(CN(C(=C)C2CCCNC2)C2CC2)c1.CC. The Balaban J connectivity index is 0.00000136. The zero-order valence-electron chi connectivity index (χ0n) is 18.6. The second-order valence-electron chi connectivity index (χ2n) is 8.26. The molecule has 28 heavy (non-hydrogen) atoms. The summed E-state index contributed by atoms with van der Waals surface area (Å²) in [6.45, 7) is 17.9. The van der Waals surface area contributed by atoms with E-state index in [1.54, 1.807) is 0 Å². The maximum atomic E-state index is 4.53. The van der Waals surface area contributed by atoms with Crippen LogP contribution in [0.15, 0.2) is 43.1 Å². The summed E-state index contributed by atoms with van der Waals surface area (Å²) in [5.74, 6) is 0.618. The van der Waals surface area contributed by atoms with Crippen molar-refractivity contribution < 1.29 is 0 Å². The van der Waals surface area contributed by atoms with Crippen LogP contribution in [0.1, 0.15) is 75.5 Å². The van der Waals surface area contributed by atoms with Gasteiger partial charge in [0.15, 0.2) is 0 Å². The van der Waals surface area contributed by atoms with Gasteiger partial charge in [0.1, 0.15) is 0 Å². The maximum absolute atomic E-state index is 4.53. The van der Waals surface area contributed by atoms with E-state index in [2.05, 4.69) is 48.5 Å². The molecular formula is C26H42N2. The molecule has 0 spiro atoms. The van der Waals surface area contributed by atoms with Gasteiger partial charge in [-0.3, -0.25) is 0 Å². The van der Waals surface area contributed by atoms with Gasteiger partial charge in [-0.05, 0) is 76.0 Å². The Bertz CT molecular complexity index is 609. The molecule has 1 N–H and O–H groups in total. The molecule has 2 heteroatoms. The number of unbranched alkanes of at least 4 members (excludes halogenated alkanes) is 2. The third-order valence-corrected chi connectivity index (χ3v) is 5.80. The third-order valence-electron chi connectivity index (χ3n) is 5.80. The zero-order valence-corrected chi connectivity index (χ0v) is 18.6. The third kappa shape index (κ3) is 7.13. The summed E-state index contributed by atoms with van der Waals surface area (Å²) in [5.41, 5.74) is 5.71. The lowest BCUT2D eigenvalue weighted by atomic mass is 9.95. The lowest BCUT2D eigenvalue weighted by Gasteiger charge is -2.34. The Morgan fingerprint density at radius 1 is 1.14 bits per heavy atom. The van der Waals surface area contributed by atoms with E-state index in [0.29, 0.717) is 5.92 Å². The van der Waals surface area contributed by atoms with Crippen LogP contribution in [-0.4, -0.2) is 24.0 Å². The Morgan fingerprint density at radius 2 is 1.89 bits per heavy atom. The molecule has 1 atom stereocenters. The monoisotopic (exact) mass is 382 g/mol. The Hall–Kier alpha value is -1.54. The molecule has 0 bridgehead atoms. The van der Waals surface area contributed by atoms with Gasteiger partial charge >= 0.3 is 0 Å². The van der Waals surface area contributed by atoms with E-state index < -0.39 is 0 Å². The van der Waals surface area contributed by atoms with E-state index in [-0.39, 0.29) is 0 Å². The van der Waals surface area contributed by atoms with Crippen molar-refractivity contribution in [3.63, 3.8) is 0 Å². The minimum absolute atomic E-state index is 0.618. The summed E-state index contributed by atoms with van der Waals surface area (Å²) in [5, 5.41) is 3.55. The van der Waals surface area contributed by atoms with Gasteiger partial charge in [0.05, 0.1) is 0 Å². The number of nitrogens with zero attached hydrogens (tertiary/aromatic N) is 1. The van der Waals surface area contributed by atoms with Crippen molar-refractivity contribution >= 4 is 0 Å². The average Bonchev–Trinajstić information content (AvgIpc) is 3.56. The van der Waals surface area contributed by atoms with Gasteiger partial charge in [0.2, 0.25) is 0 Å². The molecule has 1 heterocycles. The van der Waals surface area contributed by atoms with Gasteiger partial charge in [-0.2, -0.15) is 0 Å². The number of aryl methyl sites for hydroxylation is 2. The highest BCUT2D eigenvalue weighted by Gasteiger charge is 2.32. The number of rotatable bonds is 10. The van der Waals surface area contributed by atoms with Crippen molar-refractivity contribution in [1.29, 1.82) is 0 Å². The van der Waals surface area contributed by atoms with Gasteiger partial charge in [-0.25, -0.2) is 0 Å². The van der Waals surface area contributed by atoms with Crippen LogP contribution in [0.25, 0.3) is 0 Å². The predicted molar refractivity (Wildman–Crippen MR) is 124 cm³/mol. The molecule has 3 rings (SSSR count). The number of hydrogen-bond acceptors (Lipinski definition) is 2. The Kier molecular flexibility index (Phi) is 9.84. The molecule has 2 aliphatic rings. The highest BCUT2D eigenvalue weighted by atomic mass is 15.2. The van der Waals surface area contributed by atoms with Gasteiger partial charge in [0, 0.05) is 30.7 Å². The average molecular weight is 383 g/mol. The van der Waals surface area contributed by atoms with Crippen LogP contribution >= 0.6 is 0 Å². The molecule has 1 aliphatic carbocycles. The van der Waals surface area contributed by atoms with Crippen molar-refractivity contribution in [2.24, 2.45) is 5.92 Å². The summed E-state index contributed by atoms with van der Waals surface area (Å²) in [7, 11) is 0. The molecule has 2 nitrogen and oxygen atoms in total. The first-order valence-electron chi connectivity index (χ1n) is 11.5. The fourth-order valence-corrected chi connectivity index (χ4v) is 4.22. The minimum Gasteiger partial charge on any atom is -0.368 e. The van der Waals surface area contributed by atoms with Crippen LogP contribution in [0, 0.1) is 12.8 Å². The number of allylic oxidation sites excluding steroid dienone is 1. The highest BCUT2D eigenvalue weighted by Crippen LogP contribution is 2.35. The second kappa shape index (κ2) is 12.1. The largest absolute Gasteiger partial charge is 0.368 e.